The first kappa shape index (κ1) is 20.3. The van der Waals surface area contributed by atoms with Crippen LogP contribution in [0.5, 0.6) is 0 Å². The van der Waals surface area contributed by atoms with Crippen molar-refractivity contribution in [3.8, 4) is 0 Å². The van der Waals surface area contributed by atoms with Crippen molar-refractivity contribution in [3.05, 3.63) is 39.8 Å². The van der Waals surface area contributed by atoms with Gasteiger partial charge in [-0.25, -0.2) is 0 Å². The van der Waals surface area contributed by atoms with E-state index in [-0.39, 0.29) is 31.0 Å². The second kappa shape index (κ2) is 9.19. The van der Waals surface area contributed by atoms with E-state index in [4.69, 9.17) is 23.8 Å². The average molecular weight is 425 g/mol. The minimum Gasteiger partial charge on any atom is -0.396 e. The van der Waals surface area contributed by atoms with Gasteiger partial charge in [0.2, 0.25) is 5.91 Å². The number of rotatable bonds is 5. The molecule has 2 saturated heterocycles. The number of benzene rings is 1. The Morgan fingerprint density at radius 3 is 2.89 bits per heavy atom. The molecule has 5 nitrogen and oxygen atoms in total. The van der Waals surface area contributed by atoms with Gasteiger partial charge in [-0.05, 0) is 43.4 Å². The van der Waals surface area contributed by atoms with E-state index in [0.717, 1.165) is 24.8 Å². The molecule has 0 saturated carbocycles. The summed E-state index contributed by atoms with van der Waals surface area (Å²) in [6.45, 7) is 0.649. The minimum absolute atomic E-state index is 0.0355. The van der Waals surface area contributed by atoms with Crippen molar-refractivity contribution >= 4 is 57.8 Å². The van der Waals surface area contributed by atoms with E-state index in [1.54, 1.807) is 17.0 Å². The third-order valence-corrected chi connectivity index (χ3v) is 6.49. The zero-order valence-corrected chi connectivity index (χ0v) is 17.2. The zero-order chi connectivity index (χ0) is 19.4. The predicted molar refractivity (Wildman–Crippen MR) is 112 cm³/mol. The van der Waals surface area contributed by atoms with Crippen LogP contribution in [0.2, 0.25) is 5.02 Å². The Morgan fingerprint density at radius 1 is 1.37 bits per heavy atom. The second-order valence-electron chi connectivity index (χ2n) is 6.54. The fraction of sp³-hybridized carbons (Fsp3) is 0.421. The number of carbonyl (C=O) groups excluding carboxylic acids is 2. The van der Waals surface area contributed by atoms with Crippen molar-refractivity contribution in [2.24, 2.45) is 0 Å². The number of hydrogen-bond donors (Lipinski definition) is 1. The molecule has 2 amide bonds. The van der Waals surface area contributed by atoms with Crippen molar-refractivity contribution in [1.29, 1.82) is 0 Å². The summed E-state index contributed by atoms with van der Waals surface area (Å²) in [5, 5.41) is 9.79. The molecule has 0 spiro atoms. The Balaban J connectivity index is 1.72. The molecule has 2 fully saturated rings. The summed E-state index contributed by atoms with van der Waals surface area (Å²) in [6, 6.07) is 7.29. The molecule has 27 heavy (non-hydrogen) atoms. The highest BCUT2D eigenvalue weighted by Crippen LogP contribution is 2.34. The maximum atomic E-state index is 12.8. The number of thiocarbonyl (C=S) groups is 1. The van der Waals surface area contributed by atoms with Crippen LogP contribution >= 0.6 is 35.6 Å². The van der Waals surface area contributed by atoms with Gasteiger partial charge < -0.3 is 10.0 Å². The predicted octanol–water partition coefficient (Wildman–Crippen LogP) is 3.30. The quantitative estimate of drug-likeness (QED) is 0.580. The Morgan fingerprint density at radius 2 is 2.15 bits per heavy atom. The maximum Gasteiger partial charge on any atom is 0.266 e. The Bertz CT molecular complexity index is 782. The molecule has 1 N–H and O–H groups in total. The lowest BCUT2D eigenvalue weighted by Gasteiger charge is -2.36. The van der Waals surface area contributed by atoms with Crippen molar-refractivity contribution in [1.82, 2.24) is 9.80 Å². The summed E-state index contributed by atoms with van der Waals surface area (Å²) in [6.07, 6.45) is 5.16. The van der Waals surface area contributed by atoms with Crippen molar-refractivity contribution in [2.75, 3.05) is 19.7 Å². The topological polar surface area (TPSA) is 60.9 Å². The van der Waals surface area contributed by atoms with Crippen molar-refractivity contribution in [2.45, 2.75) is 31.7 Å². The van der Waals surface area contributed by atoms with Gasteiger partial charge in [0, 0.05) is 24.2 Å². The van der Waals surface area contributed by atoms with Crippen molar-refractivity contribution < 1.29 is 14.7 Å². The fourth-order valence-electron chi connectivity index (χ4n) is 3.37. The lowest BCUT2D eigenvalue weighted by molar-refractivity contribution is -0.138. The Kier molecular flexibility index (Phi) is 6.92. The highest BCUT2D eigenvalue weighted by atomic mass is 35.5. The number of aliphatic hydroxyl groups excluding tert-OH is 1. The smallest absolute Gasteiger partial charge is 0.266 e. The summed E-state index contributed by atoms with van der Waals surface area (Å²) in [7, 11) is 0. The van der Waals surface area contributed by atoms with Gasteiger partial charge in [0.05, 0.1) is 4.91 Å². The van der Waals surface area contributed by atoms with E-state index < -0.39 is 0 Å². The summed E-state index contributed by atoms with van der Waals surface area (Å²) < 4.78 is 0.377. The van der Waals surface area contributed by atoms with Crippen LogP contribution in [0, 0.1) is 0 Å². The first-order valence-corrected chi connectivity index (χ1v) is 10.5. The molecular weight excluding hydrogens is 404 g/mol. The number of thioether (sulfide) groups is 1. The molecule has 1 aromatic rings. The molecule has 2 aliphatic rings. The number of piperidine rings is 1. The Hall–Kier alpha value is -1.41. The molecule has 0 bridgehead atoms. The van der Waals surface area contributed by atoms with Gasteiger partial charge in [-0.15, -0.1) is 0 Å². The summed E-state index contributed by atoms with van der Waals surface area (Å²) in [5.74, 6) is -0.391. The van der Waals surface area contributed by atoms with E-state index in [2.05, 4.69) is 0 Å². The van der Waals surface area contributed by atoms with Crippen molar-refractivity contribution in [3.63, 3.8) is 0 Å². The molecule has 144 valence electrons. The maximum absolute atomic E-state index is 12.8. The SMILES string of the molecule is O=C1C(=Cc2ccccc2Cl)SC(=S)N1CC(=O)N1CCCCC1CCO. The fourth-order valence-corrected chi connectivity index (χ4v) is 4.81. The summed E-state index contributed by atoms with van der Waals surface area (Å²) in [5.41, 5.74) is 0.741. The highest BCUT2D eigenvalue weighted by molar-refractivity contribution is 8.26. The molecule has 1 unspecified atom stereocenters. The zero-order valence-electron chi connectivity index (χ0n) is 14.8. The van der Waals surface area contributed by atoms with E-state index in [1.807, 2.05) is 18.2 Å². The number of likely N-dealkylation sites (tertiary alicyclic amines) is 1. The number of hydrogen-bond acceptors (Lipinski definition) is 5. The molecule has 3 rings (SSSR count). The molecule has 2 aliphatic heterocycles. The number of carbonyl (C=O) groups is 2. The van der Waals surface area contributed by atoms with Crippen LogP contribution < -0.4 is 0 Å². The van der Waals surface area contributed by atoms with E-state index in [9.17, 15) is 14.7 Å². The van der Waals surface area contributed by atoms with Crippen LogP contribution in [0.15, 0.2) is 29.2 Å². The molecule has 1 aromatic carbocycles. The average Bonchev–Trinajstić information content (AvgIpc) is 2.92. The van der Waals surface area contributed by atoms with E-state index in [1.165, 1.54) is 16.7 Å². The third kappa shape index (κ3) is 4.71. The van der Waals surface area contributed by atoms with Crippen LogP contribution in [0.1, 0.15) is 31.2 Å². The van der Waals surface area contributed by atoms with E-state index in [0.29, 0.717) is 27.2 Å². The monoisotopic (exact) mass is 424 g/mol. The van der Waals surface area contributed by atoms with Gasteiger partial charge in [-0.2, -0.15) is 0 Å². The van der Waals surface area contributed by atoms with Gasteiger partial charge in [0.15, 0.2) is 0 Å². The summed E-state index contributed by atoms with van der Waals surface area (Å²) in [4.78, 5) is 29.2. The third-order valence-electron chi connectivity index (χ3n) is 4.77. The second-order valence-corrected chi connectivity index (χ2v) is 8.62. The van der Waals surface area contributed by atoms with Crippen LogP contribution in [-0.4, -0.2) is 56.8 Å². The van der Waals surface area contributed by atoms with Gasteiger partial charge in [0.25, 0.3) is 5.91 Å². The first-order valence-electron chi connectivity index (χ1n) is 8.91. The van der Waals surface area contributed by atoms with Gasteiger partial charge in [-0.3, -0.25) is 14.5 Å². The normalized spacial score (nSPS) is 22.0. The number of halogens is 1. The molecule has 8 heteroatoms. The van der Waals surface area contributed by atoms with Crippen LogP contribution in [0.4, 0.5) is 0 Å². The molecular formula is C19H21ClN2O3S2. The lowest BCUT2D eigenvalue weighted by Crippen LogP contribution is -2.49. The van der Waals surface area contributed by atoms with Crippen LogP contribution in [0.25, 0.3) is 6.08 Å². The summed E-state index contributed by atoms with van der Waals surface area (Å²) >= 11 is 12.7. The molecule has 0 aromatic heterocycles. The standard InChI is InChI=1S/C19H21ClN2O3S2/c20-15-7-2-1-5-13(15)11-16-18(25)22(19(26)27-16)12-17(24)21-9-4-3-6-14(21)8-10-23/h1-2,5,7,11,14,23H,3-4,6,8-10,12H2. The number of nitrogens with zero attached hydrogens (tertiary/aromatic N) is 2. The van der Waals surface area contributed by atoms with Gasteiger partial charge in [0.1, 0.15) is 10.9 Å². The Labute approximate surface area is 173 Å². The van der Waals surface area contributed by atoms with Gasteiger partial charge in [-0.1, -0.05) is 53.8 Å². The lowest BCUT2D eigenvalue weighted by atomic mass is 9.99. The van der Waals surface area contributed by atoms with Crippen LogP contribution in [-0.2, 0) is 9.59 Å². The number of amides is 2. The minimum atomic E-state index is -0.269. The molecule has 2 heterocycles. The number of aliphatic hydroxyl groups is 1. The first-order chi connectivity index (χ1) is 13.0. The largest absolute Gasteiger partial charge is 0.396 e. The molecule has 0 aliphatic carbocycles. The van der Waals surface area contributed by atoms with Crippen LogP contribution in [0.3, 0.4) is 0 Å². The molecule has 1 atom stereocenters. The van der Waals surface area contributed by atoms with E-state index >= 15 is 0 Å². The highest BCUT2D eigenvalue weighted by Gasteiger charge is 2.36. The molecule has 0 radical (unpaired) electrons. The van der Waals surface area contributed by atoms with Gasteiger partial charge >= 0.3 is 0 Å².